The molecule has 0 spiro atoms. The van der Waals surface area contributed by atoms with Gasteiger partial charge in [0.05, 0.1) is 11.2 Å². The number of hydrogen-bond donors (Lipinski definition) is 1. The van der Waals surface area contributed by atoms with Crippen molar-refractivity contribution < 1.29 is 4.39 Å². The number of pyridine rings is 1. The maximum Gasteiger partial charge on any atom is 0.123 e. The predicted molar refractivity (Wildman–Crippen MR) is 91.4 cm³/mol. The highest BCUT2D eigenvalue weighted by atomic mass is 19.1. The van der Waals surface area contributed by atoms with Gasteiger partial charge in [0.15, 0.2) is 0 Å². The van der Waals surface area contributed by atoms with E-state index in [-0.39, 0.29) is 11.4 Å². The second-order valence-electron chi connectivity index (χ2n) is 6.21. The molecule has 4 heteroatoms. The lowest BCUT2D eigenvalue weighted by molar-refractivity contribution is 0.372. The fraction of sp³-hybridized carbons (Fsp3) is 0.211. The molecule has 2 N–H and O–H groups in total. The predicted octanol–water partition coefficient (Wildman–Crippen LogP) is 4.05. The van der Waals surface area contributed by atoms with E-state index in [1.807, 2.05) is 18.3 Å². The van der Waals surface area contributed by atoms with Crippen LogP contribution in [0.3, 0.4) is 0 Å². The van der Waals surface area contributed by atoms with E-state index in [1.54, 1.807) is 24.5 Å². The molecule has 118 valence electrons. The van der Waals surface area contributed by atoms with E-state index in [4.69, 9.17) is 5.73 Å². The van der Waals surface area contributed by atoms with Crippen molar-refractivity contribution in [2.45, 2.75) is 19.4 Å². The topological polar surface area (TPSA) is 43.8 Å². The molecule has 0 radical (unpaired) electrons. The van der Waals surface area contributed by atoms with Gasteiger partial charge in [-0.2, -0.15) is 0 Å². The molecule has 0 fully saturated rings. The number of aromatic nitrogens is 2. The van der Waals surface area contributed by atoms with Gasteiger partial charge >= 0.3 is 0 Å². The van der Waals surface area contributed by atoms with Crippen molar-refractivity contribution >= 4 is 0 Å². The molecule has 0 aliphatic carbocycles. The van der Waals surface area contributed by atoms with Crippen molar-refractivity contribution in [2.24, 2.45) is 5.73 Å². The van der Waals surface area contributed by atoms with Crippen LogP contribution in [-0.4, -0.2) is 16.1 Å². The molecule has 0 atom stereocenters. The molecule has 0 aliphatic rings. The van der Waals surface area contributed by atoms with Crippen LogP contribution in [0, 0.1) is 5.82 Å². The molecule has 23 heavy (non-hydrogen) atoms. The van der Waals surface area contributed by atoms with Crippen LogP contribution >= 0.6 is 0 Å². The smallest absolute Gasteiger partial charge is 0.123 e. The van der Waals surface area contributed by atoms with Crippen molar-refractivity contribution in [3.63, 3.8) is 0 Å². The summed E-state index contributed by atoms with van der Waals surface area (Å²) < 4.78 is 15.4. The fourth-order valence-corrected chi connectivity index (χ4v) is 2.70. The molecule has 0 bridgehead atoms. The Morgan fingerprint density at radius 2 is 1.65 bits per heavy atom. The van der Waals surface area contributed by atoms with Gasteiger partial charge in [0.2, 0.25) is 0 Å². The monoisotopic (exact) mass is 309 g/mol. The first-order valence-corrected chi connectivity index (χ1v) is 7.61. The van der Waals surface area contributed by atoms with Gasteiger partial charge in [-0.05, 0) is 49.7 Å². The average Bonchev–Trinajstić information content (AvgIpc) is 3.02. The quantitative estimate of drug-likeness (QED) is 0.790. The van der Waals surface area contributed by atoms with E-state index in [2.05, 4.69) is 29.5 Å². The molecule has 0 aliphatic heterocycles. The van der Waals surface area contributed by atoms with Gasteiger partial charge in [-0.3, -0.25) is 4.98 Å². The second-order valence-corrected chi connectivity index (χ2v) is 6.21. The van der Waals surface area contributed by atoms with E-state index < -0.39 is 0 Å². The fourth-order valence-electron chi connectivity index (χ4n) is 2.70. The Balaban J connectivity index is 2.23. The van der Waals surface area contributed by atoms with E-state index in [0.717, 1.165) is 22.4 Å². The Labute approximate surface area is 135 Å². The highest BCUT2D eigenvalue weighted by Crippen LogP contribution is 2.36. The molecule has 0 saturated carbocycles. The van der Waals surface area contributed by atoms with Gasteiger partial charge in [0.25, 0.3) is 0 Å². The minimum Gasteiger partial charge on any atom is -0.340 e. The maximum absolute atomic E-state index is 13.2. The van der Waals surface area contributed by atoms with Crippen LogP contribution in [0.5, 0.6) is 0 Å². The highest BCUT2D eigenvalue weighted by Gasteiger charge is 2.24. The SMILES string of the molecule is CC(C)(CN)n1ccc(-c2ccc(F)cc2)c1-c1ccncc1. The summed E-state index contributed by atoms with van der Waals surface area (Å²) in [5.41, 5.74) is 9.90. The van der Waals surface area contributed by atoms with Crippen LogP contribution in [-0.2, 0) is 5.54 Å². The number of nitrogens with two attached hydrogens (primary N) is 1. The number of nitrogens with zero attached hydrogens (tertiary/aromatic N) is 2. The molecule has 1 aromatic carbocycles. The summed E-state index contributed by atoms with van der Waals surface area (Å²) in [7, 11) is 0. The van der Waals surface area contributed by atoms with E-state index in [0.29, 0.717) is 6.54 Å². The Morgan fingerprint density at radius 3 is 2.26 bits per heavy atom. The Morgan fingerprint density at radius 1 is 1.00 bits per heavy atom. The minimum absolute atomic E-state index is 0.225. The number of halogens is 1. The molecule has 0 amide bonds. The van der Waals surface area contributed by atoms with Crippen molar-refractivity contribution in [3.8, 4) is 22.4 Å². The number of benzene rings is 1. The first-order chi connectivity index (χ1) is 11.0. The summed E-state index contributed by atoms with van der Waals surface area (Å²) in [6.07, 6.45) is 5.59. The minimum atomic E-state index is -0.235. The third-order valence-corrected chi connectivity index (χ3v) is 4.15. The van der Waals surface area contributed by atoms with Crippen LogP contribution in [0.2, 0.25) is 0 Å². The molecular weight excluding hydrogens is 289 g/mol. The third kappa shape index (κ3) is 2.90. The standard InChI is InChI=1S/C19H20FN3/c1-19(2,13-21)23-12-9-17(14-3-5-16(20)6-4-14)18(23)15-7-10-22-11-8-15/h3-12H,13,21H2,1-2H3. The van der Waals surface area contributed by atoms with E-state index in [1.165, 1.54) is 12.1 Å². The number of hydrogen-bond acceptors (Lipinski definition) is 2. The van der Waals surface area contributed by atoms with E-state index in [9.17, 15) is 4.39 Å². The second kappa shape index (κ2) is 5.97. The van der Waals surface area contributed by atoms with Crippen molar-refractivity contribution in [2.75, 3.05) is 6.54 Å². The summed E-state index contributed by atoms with van der Waals surface area (Å²) >= 11 is 0. The first kappa shape index (κ1) is 15.4. The zero-order chi connectivity index (χ0) is 16.4. The molecule has 0 saturated heterocycles. The van der Waals surface area contributed by atoms with Crippen molar-refractivity contribution in [1.29, 1.82) is 0 Å². The van der Waals surface area contributed by atoms with E-state index >= 15 is 0 Å². The van der Waals surface area contributed by atoms with Gasteiger partial charge in [-0.15, -0.1) is 0 Å². The number of rotatable bonds is 4. The van der Waals surface area contributed by atoms with Gasteiger partial charge < -0.3 is 10.3 Å². The zero-order valence-electron chi connectivity index (χ0n) is 13.3. The van der Waals surface area contributed by atoms with Gasteiger partial charge in [0, 0.05) is 36.3 Å². The van der Waals surface area contributed by atoms with Crippen LogP contribution in [0.15, 0.2) is 61.1 Å². The Kier molecular flexibility index (Phi) is 4.01. The van der Waals surface area contributed by atoms with Crippen molar-refractivity contribution in [3.05, 3.63) is 66.9 Å². The maximum atomic E-state index is 13.2. The lowest BCUT2D eigenvalue weighted by Crippen LogP contribution is -2.34. The first-order valence-electron chi connectivity index (χ1n) is 7.61. The molecule has 3 nitrogen and oxygen atoms in total. The lowest BCUT2D eigenvalue weighted by Gasteiger charge is -2.28. The molecule has 3 aromatic rings. The highest BCUT2D eigenvalue weighted by molar-refractivity contribution is 5.81. The summed E-state index contributed by atoms with van der Waals surface area (Å²) in [5, 5.41) is 0. The Bertz CT molecular complexity index is 789. The van der Waals surface area contributed by atoms with Gasteiger partial charge in [-0.1, -0.05) is 12.1 Å². The molecule has 2 aromatic heterocycles. The summed E-state index contributed by atoms with van der Waals surface area (Å²) in [6.45, 7) is 4.72. The summed E-state index contributed by atoms with van der Waals surface area (Å²) in [4.78, 5) is 4.10. The van der Waals surface area contributed by atoms with Crippen molar-refractivity contribution in [1.82, 2.24) is 9.55 Å². The summed E-state index contributed by atoms with van der Waals surface area (Å²) in [6, 6.07) is 12.6. The van der Waals surface area contributed by atoms with Crippen LogP contribution in [0.1, 0.15) is 13.8 Å². The summed E-state index contributed by atoms with van der Waals surface area (Å²) in [5.74, 6) is -0.235. The molecule has 0 unspecified atom stereocenters. The van der Waals surface area contributed by atoms with Crippen LogP contribution in [0.4, 0.5) is 4.39 Å². The Hall–Kier alpha value is -2.46. The van der Waals surface area contributed by atoms with Crippen LogP contribution in [0.25, 0.3) is 22.4 Å². The van der Waals surface area contributed by atoms with Gasteiger partial charge in [0.1, 0.15) is 5.82 Å². The van der Waals surface area contributed by atoms with Crippen LogP contribution < -0.4 is 5.73 Å². The lowest BCUT2D eigenvalue weighted by atomic mass is 9.99. The normalized spacial score (nSPS) is 11.7. The average molecular weight is 309 g/mol. The molecule has 3 rings (SSSR count). The molecular formula is C19H20FN3. The third-order valence-electron chi connectivity index (χ3n) is 4.15. The van der Waals surface area contributed by atoms with Gasteiger partial charge in [-0.25, -0.2) is 4.39 Å². The zero-order valence-corrected chi connectivity index (χ0v) is 13.3. The molecule has 2 heterocycles. The largest absolute Gasteiger partial charge is 0.340 e.